The molecule has 5 nitrogen and oxygen atoms in total. The minimum atomic E-state index is -0.414. The van der Waals surface area contributed by atoms with E-state index in [0.29, 0.717) is 17.0 Å². The summed E-state index contributed by atoms with van der Waals surface area (Å²) in [4.78, 5) is 10.4. The summed E-state index contributed by atoms with van der Waals surface area (Å²) in [6.45, 7) is 0. The SMILES string of the molecule is CSC1CCCC1Nc1cc(N)cc([N+](=O)[O-])c1. The van der Waals surface area contributed by atoms with E-state index < -0.39 is 4.92 Å². The molecule has 0 heterocycles. The van der Waals surface area contributed by atoms with Crippen LogP contribution in [0.2, 0.25) is 0 Å². The van der Waals surface area contributed by atoms with E-state index in [-0.39, 0.29) is 5.69 Å². The second kappa shape index (κ2) is 5.48. The van der Waals surface area contributed by atoms with Crippen molar-refractivity contribution < 1.29 is 4.92 Å². The third-order valence-electron chi connectivity index (χ3n) is 3.26. The zero-order chi connectivity index (χ0) is 13.1. The molecule has 18 heavy (non-hydrogen) atoms. The van der Waals surface area contributed by atoms with Crippen molar-refractivity contribution in [2.45, 2.75) is 30.6 Å². The fraction of sp³-hybridized carbons (Fsp3) is 0.500. The number of nitro benzene ring substituents is 1. The van der Waals surface area contributed by atoms with Crippen LogP contribution >= 0.6 is 11.8 Å². The Kier molecular flexibility index (Phi) is 3.96. The van der Waals surface area contributed by atoms with Crippen LogP contribution in [0, 0.1) is 10.1 Å². The van der Waals surface area contributed by atoms with Gasteiger partial charge in [0.05, 0.1) is 4.92 Å². The molecule has 1 fully saturated rings. The molecule has 1 aliphatic rings. The molecule has 0 radical (unpaired) electrons. The first kappa shape index (κ1) is 13.0. The maximum atomic E-state index is 10.8. The zero-order valence-electron chi connectivity index (χ0n) is 10.3. The van der Waals surface area contributed by atoms with Crippen LogP contribution in [0.4, 0.5) is 17.1 Å². The standard InChI is InChI=1S/C12H17N3O2S/c1-18-12-4-2-3-11(12)14-9-5-8(13)6-10(7-9)15(16)17/h5-7,11-12,14H,2-4,13H2,1H3. The molecule has 1 aliphatic carbocycles. The van der Waals surface area contributed by atoms with Crippen LogP contribution in [0.25, 0.3) is 0 Å². The highest BCUT2D eigenvalue weighted by atomic mass is 32.2. The van der Waals surface area contributed by atoms with Gasteiger partial charge >= 0.3 is 0 Å². The van der Waals surface area contributed by atoms with Crippen LogP contribution in [-0.4, -0.2) is 22.5 Å². The number of nitrogens with one attached hydrogen (secondary N) is 1. The van der Waals surface area contributed by atoms with Gasteiger partial charge in [0.2, 0.25) is 0 Å². The number of nitro groups is 1. The monoisotopic (exact) mass is 267 g/mol. The topological polar surface area (TPSA) is 81.2 Å². The van der Waals surface area contributed by atoms with E-state index in [4.69, 9.17) is 5.73 Å². The molecular weight excluding hydrogens is 250 g/mol. The van der Waals surface area contributed by atoms with E-state index in [1.54, 1.807) is 12.1 Å². The summed E-state index contributed by atoms with van der Waals surface area (Å²) in [6, 6.07) is 5.06. The Labute approximate surface area is 110 Å². The number of nitrogen functional groups attached to an aromatic ring is 1. The Balaban J connectivity index is 2.16. The summed E-state index contributed by atoms with van der Waals surface area (Å²) in [5.41, 5.74) is 6.89. The summed E-state index contributed by atoms with van der Waals surface area (Å²) in [7, 11) is 0. The summed E-state index contributed by atoms with van der Waals surface area (Å²) in [6.07, 6.45) is 5.61. The highest BCUT2D eigenvalue weighted by molar-refractivity contribution is 7.99. The molecule has 0 aliphatic heterocycles. The quantitative estimate of drug-likeness (QED) is 0.498. The van der Waals surface area contributed by atoms with Crippen LogP contribution in [0.5, 0.6) is 0 Å². The van der Waals surface area contributed by atoms with Crippen molar-refractivity contribution in [2.75, 3.05) is 17.3 Å². The summed E-state index contributed by atoms with van der Waals surface area (Å²) in [5, 5.41) is 14.7. The lowest BCUT2D eigenvalue weighted by atomic mass is 10.2. The lowest BCUT2D eigenvalue weighted by Gasteiger charge is -2.20. The Bertz CT molecular complexity index is 453. The predicted molar refractivity (Wildman–Crippen MR) is 76.1 cm³/mol. The summed E-state index contributed by atoms with van der Waals surface area (Å²) < 4.78 is 0. The third kappa shape index (κ3) is 2.87. The number of benzene rings is 1. The van der Waals surface area contributed by atoms with Crippen molar-refractivity contribution in [1.82, 2.24) is 0 Å². The van der Waals surface area contributed by atoms with Gasteiger partial charge in [-0.1, -0.05) is 6.42 Å². The van der Waals surface area contributed by atoms with Crippen molar-refractivity contribution in [3.05, 3.63) is 28.3 Å². The van der Waals surface area contributed by atoms with Gasteiger partial charge in [-0.2, -0.15) is 11.8 Å². The Morgan fingerprint density at radius 3 is 2.89 bits per heavy atom. The molecule has 0 bridgehead atoms. The van der Waals surface area contributed by atoms with Crippen molar-refractivity contribution >= 4 is 28.8 Å². The number of hydrogen-bond donors (Lipinski definition) is 2. The lowest BCUT2D eigenvalue weighted by molar-refractivity contribution is -0.384. The highest BCUT2D eigenvalue weighted by Gasteiger charge is 2.26. The van der Waals surface area contributed by atoms with Crippen molar-refractivity contribution in [3.63, 3.8) is 0 Å². The number of nitrogens with two attached hydrogens (primary N) is 1. The first-order valence-electron chi connectivity index (χ1n) is 5.94. The van der Waals surface area contributed by atoms with Gasteiger partial charge < -0.3 is 11.1 Å². The molecule has 0 aromatic heterocycles. The normalized spacial score (nSPS) is 22.9. The highest BCUT2D eigenvalue weighted by Crippen LogP contribution is 2.32. The molecule has 2 unspecified atom stereocenters. The van der Waals surface area contributed by atoms with E-state index in [0.717, 1.165) is 12.1 Å². The van der Waals surface area contributed by atoms with E-state index in [1.807, 2.05) is 11.8 Å². The van der Waals surface area contributed by atoms with E-state index in [9.17, 15) is 10.1 Å². The van der Waals surface area contributed by atoms with Gasteiger partial charge in [-0.05, 0) is 25.2 Å². The van der Waals surface area contributed by atoms with E-state index in [1.165, 1.54) is 18.9 Å². The van der Waals surface area contributed by atoms with Crippen LogP contribution in [0.15, 0.2) is 18.2 Å². The molecule has 1 saturated carbocycles. The Morgan fingerprint density at radius 2 is 2.22 bits per heavy atom. The number of rotatable bonds is 4. The molecule has 0 amide bonds. The number of non-ortho nitro benzene ring substituents is 1. The van der Waals surface area contributed by atoms with Crippen molar-refractivity contribution in [1.29, 1.82) is 0 Å². The Morgan fingerprint density at radius 1 is 1.44 bits per heavy atom. The fourth-order valence-corrected chi connectivity index (χ4v) is 3.35. The molecule has 0 spiro atoms. The van der Waals surface area contributed by atoms with Crippen molar-refractivity contribution in [3.8, 4) is 0 Å². The average molecular weight is 267 g/mol. The molecule has 2 atom stereocenters. The molecule has 1 aromatic carbocycles. The fourth-order valence-electron chi connectivity index (χ4n) is 2.41. The van der Waals surface area contributed by atoms with E-state index >= 15 is 0 Å². The first-order chi connectivity index (χ1) is 8.60. The average Bonchev–Trinajstić information content (AvgIpc) is 2.75. The number of anilines is 2. The van der Waals surface area contributed by atoms with Crippen LogP contribution in [0.1, 0.15) is 19.3 Å². The van der Waals surface area contributed by atoms with Gasteiger partial charge in [0, 0.05) is 34.8 Å². The van der Waals surface area contributed by atoms with E-state index in [2.05, 4.69) is 11.6 Å². The van der Waals surface area contributed by atoms with Gasteiger partial charge in [0.25, 0.3) is 5.69 Å². The molecule has 2 rings (SSSR count). The largest absolute Gasteiger partial charge is 0.398 e. The maximum Gasteiger partial charge on any atom is 0.273 e. The second-order valence-corrected chi connectivity index (χ2v) is 5.60. The van der Waals surface area contributed by atoms with Crippen molar-refractivity contribution in [2.24, 2.45) is 0 Å². The van der Waals surface area contributed by atoms with Crippen LogP contribution < -0.4 is 11.1 Å². The van der Waals surface area contributed by atoms with Crippen LogP contribution in [-0.2, 0) is 0 Å². The molecule has 98 valence electrons. The molecule has 3 N–H and O–H groups in total. The number of thioether (sulfide) groups is 1. The maximum absolute atomic E-state index is 10.8. The van der Waals surface area contributed by atoms with Gasteiger partial charge in [-0.25, -0.2) is 0 Å². The lowest BCUT2D eigenvalue weighted by Crippen LogP contribution is -2.25. The van der Waals surface area contributed by atoms with Crippen LogP contribution in [0.3, 0.4) is 0 Å². The molecule has 0 saturated heterocycles. The third-order valence-corrected chi connectivity index (χ3v) is 4.43. The first-order valence-corrected chi connectivity index (χ1v) is 7.23. The smallest absolute Gasteiger partial charge is 0.273 e. The minimum absolute atomic E-state index is 0.0381. The summed E-state index contributed by atoms with van der Waals surface area (Å²) >= 11 is 1.85. The molecule has 1 aromatic rings. The second-order valence-electron chi connectivity index (χ2n) is 4.53. The van der Waals surface area contributed by atoms with Gasteiger partial charge in [0.15, 0.2) is 0 Å². The number of nitrogens with zero attached hydrogens (tertiary/aromatic N) is 1. The predicted octanol–water partition coefficient (Wildman–Crippen LogP) is 2.87. The molecule has 6 heteroatoms. The van der Waals surface area contributed by atoms with Gasteiger partial charge in [-0.3, -0.25) is 10.1 Å². The van der Waals surface area contributed by atoms with Gasteiger partial charge in [-0.15, -0.1) is 0 Å². The minimum Gasteiger partial charge on any atom is -0.398 e. The summed E-state index contributed by atoms with van der Waals surface area (Å²) in [5.74, 6) is 0. The number of hydrogen-bond acceptors (Lipinski definition) is 5. The molecular formula is C12H17N3O2S. The van der Waals surface area contributed by atoms with Gasteiger partial charge in [0.1, 0.15) is 0 Å². The zero-order valence-corrected chi connectivity index (χ0v) is 11.1. The Hall–Kier alpha value is -1.43.